The van der Waals surface area contributed by atoms with Crippen molar-refractivity contribution in [3.05, 3.63) is 16.4 Å². The van der Waals surface area contributed by atoms with Gasteiger partial charge in [0, 0.05) is 34.4 Å². The molecule has 0 saturated carbocycles. The summed E-state index contributed by atoms with van der Waals surface area (Å²) >= 11 is 5.68. The molecule has 2 rings (SSSR count). The molecule has 1 unspecified atom stereocenters. The smallest absolute Gasteiger partial charge is 0.340 e. The molecule has 1 amide bonds. The number of aromatic nitrogens is 2. The summed E-state index contributed by atoms with van der Waals surface area (Å²) in [4.78, 5) is 13.9. The normalized spacial score (nSPS) is 21.6. The van der Waals surface area contributed by atoms with Gasteiger partial charge in [0.15, 0.2) is 5.69 Å². The molecule has 1 aliphatic heterocycles. The molecule has 1 aliphatic rings. The number of amides is 1. The SMILES string of the molecule is Cc1c(Cl)c(C(F)(F)F)nn1CC(=O)N1CCS(=O)C(C)(C)CC1. The van der Waals surface area contributed by atoms with E-state index >= 15 is 0 Å². The zero-order valence-corrected chi connectivity index (χ0v) is 15.2. The zero-order valence-electron chi connectivity index (χ0n) is 13.6. The average Bonchev–Trinajstić information content (AvgIpc) is 2.66. The average molecular weight is 386 g/mol. The molecular formula is C14H19ClF3N3O2S. The first kappa shape index (κ1) is 19.2. The molecule has 1 fully saturated rings. The van der Waals surface area contributed by atoms with Gasteiger partial charge in [-0.3, -0.25) is 13.7 Å². The summed E-state index contributed by atoms with van der Waals surface area (Å²) in [5.74, 6) is -0.00791. The number of carbonyl (C=O) groups excluding carboxylic acids is 1. The Balaban J connectivity index is 2.15. The molecule has 5 nitrogen and oxygen atoms in total. The fourth-order valence-corrected chi connectivity index (χ4v) is 3.94. The van der Waals surface area contributed by atoms with E-state index in [2.05, 4.69) is 5.10 Å². The maximum atomic E-state index is 12.8. The van der Waals surface area contributed by atoms with E-state index in [1.807, 2.05) is 13.8 Å². The van der Waals surface area contributed by atoms with E-state index in [0.717, 1.165) is 4.68 Å². The minimum absolute atomic E-state index is 0.0936. The molecule has 0 aromatic carbocycles. The van der Waals surface area contributed by atoms with E-state index in [1.54, 1.807) is 0 Å². The second-order valence-corrected chi connectivity index (χ2v) is 8.93. The van der Waals surface area contributed by atoms with Crippen LogP contribution in [0.1, 0.15) is 31.7 Å². The van der Waals surface area contributed by atoms with E-state index < -0.39 is 27.7 Å². The standard InChI is InChI=1S/C14H19ClF3N3O2S/c1-9-11(15)12(14(16,17)18)19-21(9)8-10(22)20-5-4-13(2,3)24(23)7-6-20/h4-8H2,1-3H3. The number of hydrogen-bond acceptors (Lipinski definition) is 3. The third kappa shape index (κ3) is 3.93. The highest BCUT2D eigenvalue weighted by atomic mass is 35.5. The molecule has 1 atom stereocenters. The Kier molecular flexibility index (Phi) is 5.34. The molecule has 0 radical (unpaired) electrons. The highest BCUT2D eigenvalue weighted by Crippen LogP contribution is 2.35. The monoisotopic (exact) mass is 385 g/mol. The van der Waals surface area contributed by atoms with Crippen LogP contribution in [0.4, 0.5) is 13.2 Å². The zero-order chi connectivity index (χ0) is 18.3. The first-order valence-electron chi connectivity index (χ1n) is 7.40. The minimum Gasteiger partial charge on any atom is -0.340 e. The Labute approximate surface area is 145 Å². The van der Waals surface area contributed by atoms with Gasteiger partial charge >= 0.3 is 6.18 Å². The van der Waals surface area contributed by atoms with Crippen molar-refractivity contribution in [3.8, 4) is 0 Å². The van der Waals surface area contributed by atoms with Crippen LogP contribution < -0.4 is 0 Å². The molecule has 24 heavy (non-hydrogen) atoms. The van der Waals surface area contributed by atoms with Crippen molar-refractivity contribution in [1.29, 1.82) is 0 Å². The lowest BCUT2D eigenvalue weighted by Crippen LogP contribution is -2.36. The van der Waals surface area contributed by atoms with Gasteiger partial charge in [0.1, 0.15) is 6.54 Å². The summed E-state index contributed by atoms with van der Waals surface area (Å²) in [6, 6.07) is 0. The highest BCUT2D eigenvalue weighted by Gasteiger charge is 2.38. The molecular weight excluding hydrogens is 367 g/mol. The van der Waals surface area contributed by atoms with Gasteiger partial charge in [-0.05, 0) is 27.2 Å². The largest absolute Gasteiger partial charge is 0.436 e. The number of nitrogens with zero attached hydrogens (tertiary/aromatic N) is 3. The Bertz CT molecular complexity index is 673. The number of hydrogen-bond donors (Lipinski definition) is 0. The summed E-state index contributed by atoms with van der Waals surface area (Å²) < 4.78 is 51.2. The molecule has 0 spiro atoms. The Morgan fingerprint density at radius 1 is 1.38 bits per heavy atom. The fourth-order valence-electron chi connectivity index (χ4n) is 2.44. The van der Waals surface area contributed by atoms with E-state index in [4.69, 9.17) is 11.6 Å². The van der Waals surface area contributed by atoms with Gasteiger partial charge in [-0.25, -0.2) is 0 Å². The minimum atomic E-state index is -4.67. The quantitative estimate of drug-likeness (QED) is 0.786. The van der Waals surface area contributed by atoms with Crippen LogP contribution in [0, 0.1) is 6.92 Å². The summed E-state index contributed by atoms with van der Waals surface area (Å²) in [5.41, 5.74) is -1.09. The van der Waals surface area contributed by atoms with Crippen LogP contribution in [0.3, 0.4) is 0 Å². The molecule has 136 valence electrons. The molecule has 10 heteroatoms. The van der Waals surface area contributed by atoms with Gasteiger partial charge in [-0.2, -0.15) is 18.3 Å². The number of alkyl halides is 3. The topological polar surface area (TPSA) is 55.2 Å². The molecule has 1 saturated heterocycles. The number of rotatable bonds is 2. The van der Waals surface area contributed by atoms with Crippen LogP contribution in [-0.4, -0.2) is 48.4 Å². The van der Waals surface area contributed by atoms with E-state index in [9.17, 15) is 22.2 Å². The van der Waals surface area contributed by atoms with Crippen LogP contribution >= 0.6 is 11.6 Å². The summed E-state index contributed by atoms with van der Waals surface area (Å²) in [6.07, 6.45) is -4.10. The summed E-state index contributed by atoms with van der Waals surface area (Å²) in [7, 11) is -1.05. The van der Waals surface area contributed by atoms with Gasteiger partial charge in [0.05, 0.1) is 10.7 Å². The molecule has 0 bridgehead atoms. The predicted octanol–water partition coefficient (Wildman–Crippen LogP) is 2.62. The van der Waals surface area contributed by atoms with Gasteiger partial charge in [-0.15, -0.1) is 0 Å². The van der Waals surface area contributed by atoms with Gasteiger partial charge < -0.3 is 4.90 Å². The van der Waals surface area contributed by atoms with Crippen LogP contribution in [-0.2, 0) is 28.3 Å². The molecule has 2 heterocycles. The van der Waals surface area contributed by atoms with Gasteiger partial charge in [0.2, 0.25) is 5.91 Å². The Morgan fingerprint density at radius 2 is 2.00 bits per heavy atom. The van der Waals surface area contributed by atoms with Crippen LogP contribution in [0.15, 0.2) is 0 Å². The van der Waals surface area contributed by atoms with Crippen LogP contribution in [0.2, 0.25) is 5.02 Å². The third-order valence-electron chi connectivity index (χ3n) is 4.19. The molecule has 1 aromatic heterocycles. The molecule has 0 aliphatic carbocycles. The van der Waals surface area contributed by atoms with E-state index in [0.29, 0.717) is 25.3 Å². The van der Waals surface area contributed by atoms with Crippen LogP contribution in [0.5, 0.6) is 0 Å². The van der Waals surface area contributed by atoms with E-state index in [1.165, 1.54) is 11.8 Å². The Morgan fingerprint density at radius 3 is 2.54 bits per heavy atom. The number of carbonyl (C=O) groups is 1. The van der Waals surface area contributed by atoms with Crippen molar-refractivity contribution in [3.63, 3.8) is 0 Å². The van der Waals surface area contributed by atoms with Gasteiger partial charge in [-0.1, -0.05) is 11.6 Å². The van der Waals surface area contributed by atoms with Crippen molar-refractivity contribution < 1.29 is 22.2 Å². The van der Waals surface area contributed by atoms with Crippen LogP contribution in [0.25, 0.3) is 0 Å². The van der Waals surface area contributed by atoms with Crippen molar-refractivity contribution in [2.75, 3.05) is 18.8 Å². The second kappa shape index (κ2) is 6.67. The fraction of sp³-hybridized carbons (Fsp3) is 0.714. The first-order valence-corrected chi connectivity index (χ1v) is 9.09. The maximum absolute atomic E-state index is 12.8. The first-order chi connectivity index (χ1) is 10.9. The summed E-state index contributed by atoms with van der Waals surface area (Å²) in [6.45, 7) is 5.55. The van der Waals surface area contributed by atoms with Crippen molar-refractivity contribution in [1.82, 2.24) is 14.7 Å². The lowest BCUT2D eigenvalue weighted by atomic mass is 10.1. The lowest BCUT2D eigenvalue weighted by Gasteiger charge is -2.22. The lowest BCUT2D eigenvalue weighted by molar-refractivity contribution is -0.142. The second-order valence-electron chi connectivity index (χ2n) is 6.34. The Hall–Kier alpha value is -1.09. The molecule has 0 N–H and O–H groups in total. The van der Waals surface area contributed by atoms with Crippen molar-refractivity contribution >= 4 is 28.3 Å². The number of halogens is 4. The third-order valence-corrected chi connectivity index (χ3v) is 6.63. The van der Waals surface area contributed by atoms with Crippen molar-refractivity contribution in [2.24, 2.45) is 0 Å². The highest BCUT2D eigenvalue weighted by molar-refractivity contribution is 7.86. The van der Waals surface area contributed by atoms with Crippen molar-refractivity contribution in [2.45, 2.75) is 44.7 Å². The summed E-state index contributed by atoms with van der Waals surface area (Å²) in [5, 5.41) is 2.94. The van der Waals surface area contributed by atoms with E-state index in [-0.39, 0.29) is 22.9 Å². The predicted molar refractivity (Wildman–Crippen MR) is 85.3 cm³/mol. The maximum Gasteiger partial charge on any atom is 0.436 e. The molecule has 1 aromatic rings. The van der Waals surface area contributed by atoms with Gasteiger partial charge in [0.25, 0.3) is 0 Å².